The fourth-order valence-corrected chi connectivity index (χ4v) is 6.28. The summed E-state index contributed by atoms with van der Waals surface area (Å²) >= 11 is 0. The van der Waals surface area contributed by atoms with Crippen LogP contribution in [0.4, 0.5) is 0 Å². The molecule has 4 rings (SSSR count). The SMILES string of the molecule is CN(C)CCCOc1cc(S(=O)(=O)c2ccc3c(c2)nc(C(C)(C)C)n3CC2CCCCC2)ccn1. The normalized spacial score (nSPS) is 15.6. The molecule has 1 aliphatic rings. The molecule has 0 unspecified atom stereocenters. The Morgan fingerprint density at radius 2 is 1.78 bits per heavy atom. The minimum atomic E-state index is -3.74. The summed E-state index contributed by atoms with van der Waals surface area (Å²) in [7, 11) is 0.271. The lowest BCUT2D eigenvalue weighted by atomic mass is 9.88. The van der Waals surface area contributed by atoms with E-state index in [-0.39, 0.29) is 15.2 Å². The molecular formula is C28H40N4O3S. The van der Waals surface area contributed by atoms with Crippen LogP contribution in [-0.2, 0) is 21.8 Å². The van der Waals surface area contributed by atoms with Crippen molar-refractivity contribution in [1.82, 2.24) is 19.4 Å². The second kappa shape index (κ2) is 10.9. The molecule has 36 heavy (non-hydrogen) atoms. The van der Waals surface area contributed by atoms with Gasteiger partial charge in [-0.15, -0.1) is 0 Å². The number of hydrogen-bond acceptors (Lipinski definition) is 6. The first-order chi connectivity index (χ1) is 17.1. The van der Waals surface area contributed by atoms with Gasteiger partial charge in [-0.3, -0.25) is 0 Å². The minimum absolute atomic E-state index is 0.142. The molecule has 0 atom stereocenters. The molecule has 2 heterocycles. The van der Waals surface area contributed by atoms with Crippen LogP contribution in [0.1, 0.15) is 65.1 Å². The summed E-state index contributed by atoms with van der Waals surface area (Å²) in [6.07, 6.45) is 8.72. The minimum Gasteiger partial charge on any atom is -0.478 e. The second-order valence-electron chi connectivity index (χ2n) is 11.3. The third-order valence-electron chi connectivity index (χ3n) is 6.88. The van der Waals surface area contributed by atoms with E-state index in [4.69, 9.17) is 9.72 Å². The number of sulfone groups is 1. The van der Waals surface area contributed by atoms with Crippen molar-refractivity contribution in [2.45, 2.75) is 81.0 Å². The molecule has 0 radical (unpaired) electrons. The number of aromatic nitrogens is 3. The largest absolute Gasteiger partial charge is 0.478 e. The summed E-state index contributed by atoms with van der Waals surface area (Å²) < 4.78 is 35.1. The van der Waals surface area contributed by atoms with Crippen LogP contribution in [-0.4, -0.2) is 55.1 Å². The Morgan fingerprint density at radius 3 is 2.47 bits per heavy atom. The van der Waals surface area contributed by atoms with Gasteiger partial charge >= 0.3 is 0 Å². The van der Waals surface area contributed by atoms with Crippen LogP contribution in [0.5, 0.6) is 5.88 Å². The molecule has 1 aromatic carbocycles. The van der Waals surface area contributed by atoms with Gasteiger partial charge in [0.05, 0.1) is 27.4 Å². The molecule has 7 nitrogen and oxygen atoms in total. The molecule has 1 fully saturated rings. The van der Waals surface area contributed by atoms with Crippen LogP contribution >= 0.6 is 0 Å². The Kier molecular flexibility index (Phi) is 8.05. The highest BCUT2D eigenvalue weighted by molar-refractivity contribution is 7.91. The third kappa shape index (κ3) is 6.09. The number of benzene rings is 1. The Morgan fingerprint density at radius 1 is 1.06 bits per heavy atom. The average Bonchev–Trinajstić information content (AvgIpc) is 3.21. The van der Waals surface area contributed by atoms with Gasteiger partial charge in [-0.05, 0) is 63.5 Å². The van der Waals surface area contributed by atoms with Crippen molar-refractivity contribution in [1.29, 1.82) is 0 Å². The number of ether oxygens (including phenoxy) is 1. The van der Waals surface area contributed by atoms with Crippen LogP contribution in [0.15, 0.2) is 46.3 Å². The quantitative estimate of drug-likeness (QED) is 0.354. The van der Waals surface area contributed by atoms with E-state index < -0.39 is 9.84 Å². The van der Waals surface area contributed by atoms with Crippen molar-refractivity contribution in [3.05, 3.63) is 42.4 Å². The summed E-state index contributed by atoms with van der Waals surface area (Å²) in [6, 6.07) is 8.38. The molecule has 8 heteroatoms. The fraction of sp³-hybridized carbons (Fsp3) is 0.571. The highest BCUT2D eigenvalue weighted by atomic mass is 32.2. The topological polar surface area (TPSA) is 77.3 Å². The van der Waals surface area contributed by atoms with E-state index >= 15 is 0 Å². The lowest BCUT2D eigenvalue weighted by Gasteiger charge is -2.26. The molecule has 0 bridgehead atoms. The van der Waals surface area contributed by atoms with E-state index in [0.717, 1.165) is 36.4 Å². The van der Waals surface area contributed by atoms with Gasteiger partial charge in [-0.25, -0.2) is 18.4 Å². The number of hydrogen-bond donors (Lipinski definition) is 0. The van der Waals surface area contributed by atoms with Gasteiger partial charge in [0.25, 0.3) is 0 Å². The van der Waals surface area contributed by atoms with Crippen LogP contribution < -0.4 is 4.74 Å². The molecule has 0 aliphatic heterocycles. The average molecular weight is 513 g/mol. The van der Waals surface area contributed by atoms with E-state index in [1.807, 2.05) is 20.2 Å². The molecule has 1 aliphatic carbocycles. The number of rotatable bonds is 9. The Balaban J connectivity index is 1.63. The molecule has 0 N–H and O–H groups in total. The zero-order valence-corrected chi connectivity index (χ0v) is 23.1. The number of pyridine rings is 1. The molecule has 2 aromatic heterocycles. The standard InChI is InChI=1S/C28H40N4O3S/c1-28(2,3)27-30-24-18-22(12-13-25(24)32(27)20-21-10-7-6-8-11-21)36(33,34)23-14-15-29-26(19-23)35-17-9-16-31(4)5/h12-15,18-19,21H,6-11,16-17,20H2,1-5H3. The molecule has 0 saturated heterocycles. The Hall–Kier alpha value is -2.45. The van der Waals surface area contributed by atoms with Gasteiger partial charge in [0, 0.05) is 30.8 Å². The number of nitrogens with zero attached hydrogens (tertiary/aromatic N) is 4. The summed E-state index contributed by atoms with van der Waals surface area (Å²) in [5.74, 6) is 1.98. The first-order valence-corrected chi connectivity index (χ1v) is 14.5. The first-order valence-electron chi connectivity index (χ1n) is 13.0. The predicted molar refractivity (Wildman–Crippen MR) is 143 cm³/mol. The molecule has 1 saturated carbocycles. The highest BCUT2D eigenvalue weighted by Gasteiger charge is 2.27. The monoisotopic (exact) mass is 512 g/mol. The number of imidazole rings is 1. The molecule has 196 valence electrons. The van der Waals surface area contributed by atoms with E-state index in [9.17, 15) is 8.42 Å². The van der Waals surface area contributed by atoms with Gasteiger partial charge in [0.2, 0.25) is 15.7 Å². The maximum Gasteiger partial charge on any atom is 0.214 e. The Bertz CT molecular complexity index is 1290. The van der Waals surface area contributed by atoms with E-state index in [2.05, 4.69) is 35.2 Å². The van der Waals surface area contributed by atoms with Crippen molar-refractivity contribution in [3.8, 4) is 5.88 Å². The predicted octanol–water partition coefficient (Wildman–Crippen LogP) is 5.47. The highest BCUT2D eigenvalue weighted by Crippen LogP contribution is 2.33. The van der Waals surface area contributed by atoms with E-state index in [1.165, 1.54) is 50.4 Å². The summed E-state index contributed by atoms with van der Waals surface area (Å²) in [4.78, 5) is 11.6. The molecule has 0 spiro atoms. The molecule has 0 amide bonds. The number of fused-ring (bicyclic) bond motifs is 1. The van der Waals surface area contributed by atoms with Crippen molar-refractivity contribution >= 4 is 20.9 Å². The molecular weight excluding hydrogens is 472 g/mol. The lowest BCUT2D eigenvalue weighted by molar-refractivity contribution is 0.272. The molecule has 3 aromatic rings. The van der Waals surface area contributed by atoms with Gasteiger partial charge in [0.1, 0.15) is 5.82 Å². The van der Waals surface area contributed by atoms with Crippen LogP contribution in [0.25, 0.3) is 11.0 Å². The van der Waals surface area contributed by atoms with Crippen molar-refractivity contribution in [3.63, 3.8) is 0 Å². The Labute approximate surface area is 215 Å². The second-order valence-corrected chi connectivity index (χ2v) is 13.2. The summed E-state index contributed by atoms with van der Waals surface area (Å²) in [5.41, 5.74) is 1.59. The maximum absolute atomic E-state index is 13.5. The maximum atomic E-state index is 13.5. The van der Waals surface area contributed by atoms with E-state index in [1.54, 1.807) is 12.1 Å². The van der Waals surface area contributed by atoms with Gasteiger partial charge < -0.3 is 14.2 Å². The first kappa shape index (κ1) is 26.6. The zero-order chi connectivity index (χ0) is 25.9. The summed E-state index contributed by atoms with van der Waals surface area (Å²) in [6.45, 7) is 8.81. The smallest absolute Gasteiger partial charge is 0.214 e. The van der Waals surface area contributed by atoms with Gasteiger partial charge in [0.15, 0.2) is 0 Å². The lowest BCUT2D eigenvalue weighted by Crippen LogP contribution is -2.22. The van der Waals surface area contributed by atoms with Crippen molar-refractivity contribution < 1.29 is 13.2 Å². The van der Waals surface area contributed by atoms with Crippen LogP contribution in [0.2, 0.25) is 0 Å². The van der Waals surface area contributed by atoms with E-state index in [0.29, 0.717) is 18.4 Å². The van der Waals surface area contributed by atoms with Crippen LogP contribution in [0, 0.1) is 5.92 Å². The third-order valence-corrected chi connectivity index (χ3v) is 8.63. The van der Waals surface area contributed by atoms with Gasteiger partial charge in [-0.1, -0.05) is 40.0 Å². The van der Waals surface area contributed by atoms with Crippen LogP contribution in [0.3, 0.4) is 0 Å². The van der Waals surface area contributed by atoms with Gasteiger partial charge in [-0.2, -0.15) is 0 Å². The van der Waals surface area contributed by atoms with Crippen molar-refractivity contribution in [2.24, 2.45) is 5.92 Å². The summed E-state index contributed by atoms with van der Waals surface area (Å²) in [5, 5.41) is 0. The fourth-order valence-electron chi connectivity index (χ4n) is 4.99. The van der Waals surface area contributed by atoms with Crippen molar-refractivity contribution in [2.75, 3.05) is 27.2 Å². The zero-order valence-electron chi connectivity index (χ0n) is 22.3.